The molecule has 0 amide bonds. The van der Waals surface area contributed by atoms with Crippen LogP contribution in [0.4, 0.5) is 0 Å². The molecule has 4 heterocycles. The first kappa shape index (κ1) is 18.4. The van der Waals surface area contributed by atoms with Crippen LogP contribution in [-0.2, 0) is 19.6 Å². The third-order valence-electron chi connectivity index (χ3n) is 4.76. The first-order valence-electron chi connectivity index (χ1n) is 7.99. The lowest BCUT2D eigenvalue weighted by atomic mass is 9.95. The van der Waals surface area contributed by atoms with Gasteiger partial charge < -0.3 is 9.88 Å². The predicted molar refractivity (Wildman–Crippen MR) is 101 cm³/mol. The lowest BCUT2D eigenvalue weighted by molar-refractivity contribution is 0.200. The SMILES string of the molecule is Cl.Clc1scc(CN2CCC(c3nnc4n3CCNC4)CC2)c1Cl. The molecule has 132 valence electrons. The summed E-state index contributed by atoms with van der Waals surface area (Å²) < 4.78 is 3.01. The van der Waals surface area contributed by atoms with Gasteiger partial charge in [0.2, 0.25) is 0 Å². The fourth-order valence-corrected chi connectivity index (χ4v) is 4.71. The van der Waals surface area contributed by atoms with E-state index in [9.17, 15) is 0 Å². The van der Waals surface area contributed by atoms with Crippen LogP contribution in [0.15, 0.2) is 5.38 Å². The minimum absolute atomic E-state index is 0. The first-order valence-corrected chi connectivity index (χ1v) is 9.62. The second-order valence-electron chi connectivity index (χ2n) is 6.20. The Bertz CT molecular complexity index is 693. The van der Waals surface area contributed by atoms with Crippen molar-refractivity contribution in [2.24, 2.45) is 0 Å². The molecule has 2 aliphatic heterocycles. The number of nitrogens with zero attached hydrogens (tertiary/aromatic N) is 4. The molecule has 5 nitrogen and oxygen atoms in total. The molecule has 0 unspecified atom stereocenters. The molecule has 2 aliphatic rings. The van der Waals surface area contributed by atoms with Gasteiger partial charge in [-0.2, -0.15) is 0 Å². The Morgan fingerprint density at radius 1 is 1.21 bits per heavy atom. The Balaban J connectivity index is 0.00000169. The fraction of sp³-hybridized carbons (Fsp3) is 0.600. The Labute approximate surface area is 161 Å². The van der Waals surface area contributed by atoms with Crippen molar-refractivity contribution in [1.82, 2.24) is 25.0 Å². The van der Waals surface area contributed by atoms with E-state index in [4.69, 9.17) is 23.2 Å². The van der Waals surface area contributed by atoms with Crippen molar-refractivity contribution in [2.45, 2.75) is 38.4 Å². The molecule has 2 aromatic rings. The van der Waals surface area contributed by atoms with E-state index < -0.39 is 0 Å². The van der Waals surface area contributed by atoms with Crippen LogP contribution in [0, 0.1) is 0 Å². The smallest absolute Gasteiger partial charge is 0.147 e. The molecule has 1 N–H and O–H groups in total. The molecule has 1 fully saturated rings. The number of aromatic nitrogens is 3. The number of fused-ring (bicyclic) bond motifs is 1. The molecule has 4 rings (SSSR count). The standard InChI is InChI=1S/C15H19Cl2N5S.ClH/c16-13-11(9-23-14(13)17)8-21-4-1-10(2-5-21)15-20-19-12-7-18-3-6-22(12)15;/h9-10,18H,1-8H2;1H. The largest absolute Gasteiger partial charge is 0.312 e. The van der Waals surface area contributed by atoms with Crippen LogP contribution in [0.25, 0.3) is 0 Å². The zero-order chi connectivity index (χ0) is 15.8. The van der Waals surface area contributed by atoms with Crippen LogP contribution in [0.5, 0.6) is 0 Å². The van der Waals surface area contributed by atoms with E-state index in [-0.39, 0.29) is 12.4 Å². The van der Waals surface area contributed by atoms with Gasteiger partial charge in [0, 0.05) is 25.6 Å². The number of hydrogen-bond donors (Lipinski definition) is 1. The number of piperidine rings is 1. The summed E-state index contributed by atoms with van der Waals surface area (Å²) in [5.41, 5.74) is 1.14. The van der Waals surface area contributed by atoms with E-state index >= 15 is 0 Å². The number of likely N-dealkylation sites (tertiary alicyclic amines) is 1. The maximum Gasteiger partial charge on any atom is 0.147 e. The Morgan fingerprint density at radius 3 is 2.71 bits per heavy atom. The second kappa shape index (κ2) is 7.89. The van der Waals surface area contributed by atoms with Crippen LogP contribution in [0.2, 0.25) is 9.36 Å². The number of hydrogen-bond acceptors (Lipinski definition) is 5. The number of nitrogens with one attached hydrogen (secondary N) is 1. The van der Waals surface area contributed by atoms with E-state index in [0.29, 0.717) is 10.3 Å². The van der Waals surface area contributed by atoms with Crippen molar-refractivity contribution < 1.29 is 0 Å². The quantitative estimate of drug-likeness (QED) is 0.843. The predicted octanol–water partition coefficient (Wildman–Crippen LogP) is 3.55. The van der Waals surface area contributed by atoms with Gasteiger partial charge in [-0.15, -0.1) is 33.9 Å². The highest BCUT2D eigenvalue weighted by Gasteiger charge is 2.27. The average Bonchev–Trinajstić information content (AvgIpc) is 3.14. The molecule has 0 radical (unpaired) electrons. The summed E-state index contributed by atoms with van der Waals surface area (Å²) in [4.78, 5) is 2.45. The number of halogens is 3. The minimum Gasteiger partial charge on any atom is -0.312 e. The summed E-state index contributed by atoms with van der Waals surface area (Å²) in [5, 5.41) is 14.9. The summed E-state index contributed by atoms with van der Waals surface area (Å²) in [5.74, 6) is 2.78. The van der Waals surface area contributed by atoms with Gasteiger partial charge in [-0.1, -0.05) is 23.2 Å². The van der Waals surface area contributed by atoms with Crippen molar-refractivity contribution >= 4 is 46.9 Å². The van der Waals surface area contributed by atoms with Crippen molar-refractivity contribution in [1.29, 1.82) is 0 Å². The van der Waals surface area contributed by atoms with Crippen molar-refractivity contribution in [3.8, 4) is 0 Å². The van der Waals surface area contributed by atoms with Gasteiger partial charge in [0.25, 0.3) is 0 Å². The van der Waals surface area contributed by atoms with E-state index in [1.54, 1.807) is 0 Å². The molecule has 0 atom stereocenters. The number of thiophene rings is 1. The summed E-state index contributed by atoms with van der Waals surface area (Å²) in [6, 6.07) is 0. The lowest BCUT2D eigenvalue weighted by Gasteiger charge is -2.32. The maximum atomic E-state index is 6.24. The van der Waals surface area contributed by atoms with Gasteiger partial charge in [0.1, 0.15) is 16.0 Å². The molecule has 0 aliphatic carbocycles. The van der Waals surface area contributed by atoms with E-state index in [0.717, 1.165) is 68.5 Å². The zero-order valence-corrected chi connectivity index (χ0v) is 16.3. The number of rotatable bonds is 3. The van der Waals surface area contributed by atoms with Crippen LogP contribution in [0.1, 0.15) is 36.0 Å². The van der Waals surface area contributed by atoms with Gasteiger partial charge in [0.05, 0.1) is 11.6 Å². The Kier molecular flexibility index (Phi) is 6.06. The summed E-state index contributed by atoms with van der Waals surface area (Å²) in [7, 11) is 0. The van der Waals surface area contributed by atoms with E-state index in [2.05, 4.69) is 30.4 Å². The van der Waals surface area contributed by atoms with E-state index in [1.165, 1.54) is 17.2 Å². The van der Waals surface area contributed by atoms with Gasteiger partial charge >= 0.3 is 0 Å². The Hall–Kier alpha value is -0.370. The zero-order valence-electron chi connectivity index (χ0n) is 13.2. The molecular weight excluding hydrogens is 389 g/mol. The third kappa shape index (κ3) is 3.59. The summed E-state index contributed by atoms with van der Waals surface area (Å²) >= 11 is 13.8. The monoisotopic (exact) mass is 407 g/mol. The van der Waals surface area contributed by atoms with E-state index in [1.807, 2.05) is 0 Å². The van der Waals surface area contributed by atoms with Crippen LogP contribution < -0.4 is 5.32 Å². The summed E-state index contributed by atoms with van der Waals surface area (Å²) in [6.45, 7) is 5.85. The molecule has 0 saturated carbocycles. The molecule has 9 heteroatoms. The topological polar surface area (TPSA) is 46.0 Å². The van der Waals surface area contributed by atoms with Gasteiger partial charge in [-0.25, -0.2) is 0 Å². The summed E-state index contributed by atoms with van der Waals surface area (Å²) in [6.07, 6.45) is 2.25. The molecule has 0 aromatic carbocycles. The normalized spacial score (nSPS) is 19.1. The van der Waals surface area contributed by atoms with Gasteiger partial charge in [-0.3, -0.25) is 4.90 Å². The second-order valence-corrected chi connectivity index (χ2v) is 8.06. The highest BCUT2D eigenvalue weighted by atomic mass is 35.5. The fourth-order valence-electron chi connectivity index (χ4n) is 3.47. The van der Waals surface area contributed by atoms with Crippen LogP contribution >= 0.6 is 46.9 Å². The van der Waals surface area contributed by atoms with Gasteiger partial charge in [0.15, 0.2) is 0 Å². The van der Waals surface area contributed by atoms with Gasteiger partial charge in [-0.05, 0) is 36.9 Å². The molecule has 24 heavy (non-hydrogen) atoms. The molecule has 1 saturated heterocycles. The Morgan fingerprint density at radius 2 is 2.00 bits per heavy atom. The highest BCUT2D eigenvalue weighted by Crippen LogP contribution is 2.34. The third-order valence-corrected chi connectivity index (χ3v) is 6.67. The maximum absolute atomic E-state index is 6.24. The van der Waals surface area contributed by atoms with Crippen molar-refractivity contribution in [3.63, 3.8) is 0 Å². The van der Waals surface area contributed by atoms with Crippen LogP contribution in [0.3, 0.4) is 0 Å². The highest BCUT2D eigenvalue weighted by molar-refractivity contribution is 7.15. The molecule has 2 aromatic heterocycles. The van der Waals surface area contributed by atoms with Crippen molar-refractivity contribution in [2.75, 3.05) is 19.6 Å². The lowest BCUT2D eigenvalue weighted by Crippen LogP contribution is -2.34. The average molecular weight is 409 g/mol. The van der Waals surface area contributed by atoms with Crippen LogP contribution in [-0.4, -0.2) is 39.3 Å². The van der Waals surface area contributed by atoms with Crippen molar-refractivity contribution in [3.05, 3.63) is 32.0 Å². The molecular formula is C15H20Cl3N5S. The first-order chi connectivity index (χ1) is 11.2. The minimum atomic E-state index is 0. The molecule has 0 bridgehead atoms. The molecule has 0 spiro atoms.